The predicted octanol–water partition coefficient (Wildman–Crippen LogP) is 3.94. The molecule has 0 saturated carbocycles. The van der Waals surface area contributed by atoms with Crippen LogP contribution in [0.25, 0.3) is 22.2 Å². The molecule has 0 bridgehead atoms. The minimum Gasteiger partial charge on any atom is -0.496 e. The number of halogens is 1. The van der Waals surface area contributed by atoms with E-state index in [-0.39, 0.29) is 5.52 Å². The first kappa shape index (κ1) is 13.4. The van der Waals surface area contributed by atoms with Crippen molar-refractivity contribution in [3.63, 3.8) is 0 Å². The molecule has 0 aliphatic rings. The smallest absolute Gasteiger partial charge is 0.149 e. The Morgan fingerprint density at radius 1 is 1.10 bits per heavy atom. The third-order valence-corrected chi connectivity index (χ3v) is 3.61. The Morgan fingerprint density at radius 2 is 1.81 bits per heavy atom. The van der Waals surface area contributed by atoms with Crippen LogP contribution in [0.3, 0.4) is 0 Å². The second kappa shape index (κ2) is 5.05. The lowest BCUT2D eigenvalue weighted by molar-refractivity contribution is 0.419. The molecule has 0 radical (unpaired) electrons. The Balaban J connectivity index is 2.41. The number of hydrogen-bond donors (Lipinski definition) is 1. The fourth-order valence-electron chi connectivity index (χ4n) is 2.47. The van der Waals surface area contributed by atoms with Crippen LogP contribution in [0.1, 0.15) is 5.56 Å². The molecule has 3 rings (SSSR count). The van der Waals surface area contributed by atoms with Crippen molar-refractivity contribution < 1.29 is 9.13 Å². The fraction of sp³-hybridized carbons (Fsp3) is 0.118. The third-order valence-electron chi connectivity index (χ3n) is 3.61. The Labute approximate surface area is 122 Å². The van der Waals surface area contributed by atoms with Gasteiger partial charge in [0.25, 0.3) is 0 Å². The van der Waals surface area contributed by atoms with E-state index in [0.717, 1.165) is 11.1 Å². The summed E-state index contributed by atoms with van der Waals surface area (Å²) in [6.07, 6.45) is 0. The molecule has 0 fully saturated rings. The number of benzene rings is 2. The largest absolute Gasteiger partial charge is 0.496 e. The van der Waals surface area contributed by atoms with Gasteiger partial charge in [-0.15, -0.1) is 0 Å². The van der Waals surface area contributed by atoms with Crippen LogP contribution in [-0.2, 0) is 0 Å². The summed E-state index contributed by atoms with van der Waals surface area (Å²) in [5.41, 5.74) is 9.36. The predicted molar refractivity (Wildman–Crippen MR) is 82.8 cm³/mol. The van der Waals surface area contributed by atoms with Crippen LogP contribution >= 0.6 is 0 Å². The van der Waals surface area contributed by atoms with Gasteiger partial charge in [-0.3, -0.25) is 0 Å². The molecule has 0 aliphatic heterocycles. The van der Waals surface area contributed by atoms with Crippen LogP contribution in [0.2, 0.25) is 0 Å². The van der Waals surface area contributed by atoms with E-state index in [2.05, 4.69) is 4.98 Å². The number of methoxy groups -OCH3 is 1. The van der Waals surface area contributed by atoms with Gasteiger partial charge in [0.1, 0.15) is 17.1 Å². The number of nitrogens with zero attached hydrogens (tertiary/aromatic N) is 1. The van der Waals surface area contributed by atoms with Gasteiger partial charge < -0.3 is 10.5 Å². The molecular weight excluding hydrogens is 267 g/mol. The Morgan fingerprint density at radius 3 is 2.48 bits per heavy atom. The van der Waals surface area contributed by atoms with E-state index < -0.39 is 5.82 Å². The quantitative estimate of drug-likeness (QED) is 0.774. The normalized spacial score (nSPS) is 10.8. The summed E-state index contributed by atoms with van der Waals surface area (Å²) in [5, 5.41) is 0.523. The number of pyridine rings is 1. The van der Waals surface area contributed by atoms with Crippen molar-refractivity contribution >= 4 is 16.6 Å². The van der Waals surface area contributed by atoms with E-state index in [1.165, 1.54) is 13.2 Å². The molecule has 1 heterocycles. The van der Waals surface area contributed by atoms with E-state index in [9.17, 15) is 4.39 Å². The third kappa shape index (κ3) is 2.09. The van der Waals surface area contributed by atoms with Gasteiger partial charge in [-0.2, -0.15) is 0 Å². The summed E-state index contributed by atoms with van der Waals surface area (Å²) < 4.78 is 19.4. The van der Waals surface area contributed by atoms with E-state index in [1.54, 1.807) is 6.07 Å². The van der Waals surface area contributed by atoms with Crippen molar-refractivity contribution in [1.29, 1.82) is 0 Å². The van der Waals surface area contributed by atoms with Crippen LogP contribution in [-0.4, -0.2) is 12.1 Å². The molecule has 3 aromatic rings. The summed E-state index contributed by atoms with van der Waals surface area (Å²) in [6, 6.07) is 12.5. The maximum Gasteiger partial charge on any atom is 0.149 e. The minimum absolute atomic E-state index is 0.233. The maximum atomic E-state index is 14.1. The monoisotopic (exact) mass is 282 g/mol. The highest BCUT2D eigenvalue weighted by Gasteiger charge is 2.17. The standard InChI is InChI=1S/C17H15FN2O/c1-10-15(19)14-13(21-2)9-8-12(18)17(14)20-16(10)11-6-4-3-5-7-11/h3-9H,1-2H3,(H2,19,20). The molecule has 2 aromatic carbocycles. The summed E-state index contributed by atoms with van der Waals surface area (Å²) in [4.78, 5) is 4.48. The Hall–Kier alpha value is -2.62. The number of anilines is 1. The topological polar surface area (TPSA) is 48.1 Å². The maximum absolute atomic E-state index is 14.1. The molecule has 0 amide bonds. The Kier molecular flexibility index (Phi) is 3.22. The highest BCUT2D eigenvalue weighted by Crippen LogP contribution is 2.37. The first-order chi connectivity index (χ1) is 10.1. The van der Waals surface area contributed by atoms with Crippen molar-refractivity contribution in [2.24, 2.45) is 0 Å². The van der Waals surface area contributed by atoms with Crippen LogP contribution in [0, 0.1) is 12.7 Å². The van der Waals surface area contributed by atoms with Crippen molar-refractivity contribution in [2.45, 2.75) is 6.92 Å². The SMILES string of the molecule is COc1ccc(F)c2nc(-c3ccccc3)c(C)c(N)c12. The zero-order chi connectivity index (χ0) is 15.0. The number of nitrogen functional groups attached to an aromatic ring is 1. The number of fused-ring (bicyclic) bond motifs is 1. The molecular formula is C17H15FN2O. The van der Waals surface area contributed by atoms with E-state index >= 15 is 0 Å². The Bertz CT molecular complexity index is 816. The average molecular weight is 282 g/mol. The van der Waals surface area contributed by atoms with Crippen molar-refractivity contribution in [2.75, 3.05) is 12.8 Å². The first-order valence-electron chi connectivity index (χ1n) is 6.61. The summed E-state index contributed by atoms with van der Waals surface area (Å²) in [5.74, 6) is 0.119. The lowest BCUT2D eigenvalue weighted by Crippen LogP contribution is -2.01. The van der Waals surface area contributed by atoms with Crippen molar-refractivity contribution in [3.8, 4) is 17.0 Å². The zero-order valence-corrected chi connectivity index (χ0v) is 11.9. The molecule has 3 nitrogen and oxygen atoms in total. The number of hydrogen-bond acceptors (Lipinski definition) is 3. The summed E-state index contributed by atoms with van der Waals surface area (Å²) in [6.45, 7) is 1.88. The van der Waals surface area contributed by atoms with Gasteiger partial charge in [0.05, 0.1) is 18.2 Å². The van der Waals surface area contributed by atoms with E-state index in [0.29, 0.717) is 22.5 Å². The highest BCUT2D eigenvalue weighted by atomic mass is 19.1. The molecule has 2 N–H and O–H groups in total. The van der Waals surface area contributed by atoms with Gasteiger partial charge >= 0.3 is 0 Å². The molecule has 0 spiro atoms. The van der Waals surface area contributed by atoms with Gasteiger partial charge in [-0.05, 0) is 24.6 Å². The molecule has 0 atom stereocenters. The van der Waals surface area contributed by atoms with E-state index in [1.807, 2.05) is 37.3 Å². The zero-order valence-electron chi connectivity index (χ0n) is 11.9. The van der Waals surface area contributed by atoms with Crippen LogP contribution in [0.5, 0.6) is 5.75 Å². The number of rotatable bonds is 2. The number of nitrogens with two attached hydrogens (primary N) is 1. The van der Waals surface area contributed by atoms with Gasteiger partial charge in [-0.25, -0.2) is 9.37 Å². The molecule has 1 aromatic heterocycles. The molecule has 21 heavy (non-hydrogen) atoms. The van der Waals surface area contributed by atoms with Crippen molar-refractivity contribution in [3.05, 3.63) is 53.8 Å². The second-order valence-corrected chi connectivity index (χ2v) is 4.84. The van der Waals surface area contributed by atoms with Gasteiger partial charge in [-0.1, -0.05) is 30.3 Å². The van der Waals surface area contributed by atoms with Crippen LogP contribution < -0.4 is 10.5 Å². The molecule has 0 unspecified atom stereocenters. The fourth-order valence-corrected chi connectivity index (χ4v) is 2.47. The van der Waals surface area contributed by atoms with Gasteiger partial charge in [0, 0.05) is 11.3 Å². The molecule has 0 aliphatic carbocycles. The van der Waals surface area contributed by atoms with Crippen LogP contribution in [0.15, 0.2) is 42.5 Å². The van der Waals surface area contributed by atoms with Crippen molar-refractivity contribution in [1.82, 2.24) is 4.98 Å². The van der Waals surface area contributed by atoms with Crippen LogP contribution in [0.4, 0.5) is 10.1 Å². The van der Waals surface area contributed by atoms with Gasteiger partial charge in [0.2, 0.25) is 0 Å². The summed E-state index contributed by atoms with van der Waals surface area (Å²) in [7, 11) is 1.53. The van der Waals surface area contributed by atoms with Gasteiger partial charge in [0.15, 0.2) is 0 Å². The number of aromatic nitrogens is 1. The lowest BCUT2D eigenvalue weighted by atomic mass is 10.0. The second-order valence-electron chi connectivity index (χ2n) is 4.84. The lowest BCUT2D eigenvalue weighted by Gasteiger charge is -2.14. The minimum atomic E-state index is -0.408. The average Bonchev–Trinajstić information content (AvgIpc) is 2.52. The van der Waals surface area contributed by atoms with E-state index in [4.69, 9.17) is 10.5 Å². The molecule has 4 heteroatoms. The number of ether oxygens (including phenoxy) is 1. The first-order valence-corrected chi connectivity index (χ1v) is 6.61. The molecule has 106 valence electrons. The highest BCUT2D eigenvalue weighted by molar-refractivity contribution is 5.99. The molecule has 0 saturated heterocycles. The summed E-state index contributed by atoms with van der Waals surface area (Å²) >= 11 is 0.